The fraction of sp³-hybridized carbons (Fsp3) is 0.440. The largest absolute Gasteiger partial charge is 0.373 e. The average Bonchev–Trinajstić information content (AvgIpc) is 3.44. The van der Waals surface area contributed by atoms with Crippen LogP contribution < -0.4 is 5.32 Å². The highest BCUT2D eigenvalue weighted by Gasteiger charge is 2.41. The van der Waals surface area contributed by atoms with E-state index in [0.717, 1.165) is 63.6 Å². The number of rotatable bonds is 6. The highest BCUT2D eigenvalue weighted by molar-refractivity contribution is 14.0. The zero-order valence-corrected chi connectivity index (χ0v) is 22.2. The van der Waals surface area contributed by atoms with Gasteiger partial charge < -0.3 is 15.0 Å². The maximum atomic E-state index is 6.13. The maximum Gasteiger partial charge on any atom is 0.193 e. The molecule has 2 aliphatic heterocycles. The molecular weight excluding hydrogens is 545 g/mol. The third-order valence-corrected chi connectivity index (χ3v) is 7.44. The molecule has 3 heterocycles. The zero-order chi connectivity index (χ0) is 21.8. The van der Waals surface area contributed by atoms with Crippen LogP contribution in [0.2, 0.25) is 0 Å². The molecule has 6 nitrogen and oxygen atoms in total. The molecule has 2 fully saturated rings. The first-order valence-corrected chi connectivity index (χ1v) is 12.3. The molecule has 1 N–H and O–H groups in total. The number of nitrogens with zero attached hydrogens (tertiary/aromatic N) is 4. The molecule has 3 aromatic rings. The summed E-state index contributed by atoms with van der Waals surface area (Å²) in [6.07, 6.45) is 2.27. The number of ether oxygens (including phenoxy) is 1. The fourth-order valence-corrected chi connectivity index (χ4v) is 5.75. The van der Waals surface area contributed by atoms with Gasteiger partial charge in [-0.15, -0.1) is 35.3 Å². The number of halogens is 1. The maximum absolute atomic E-state index is 6.13. The summed E-state index contributed by atoms with van der Waals surface area (Å²) in [5.41, 5.74) is 2.47. The number of aliphatic imine (C=N–C) groups is 1. The van der Waals surface area contributed by atoms with Crippen molar-refractivity contribution >= 4 is 51.5 Å². The molecule has 5 rings (SSSR count). The van der Waals surface area contributed by atoms with Crippen molar-refractivity contribution in [2.75, 3.05) is 39.8 Å². The molecule has 1 aromatic heterocycles. The number of likely N-dealkylation sites (tertiary alicyclic amines) is 1. The Kier molecular flexibility index (Phi) is 8.56. The van der Waals surface area contributed by atoms with Crippen molar-refractivity contribution in [2.45, 2.75) is 31.5 Å². The normalized spacial score (nSPS) is 21.1. The third kappa shape index (κ3) is 5.85. The van der Waals surface area contributed by atoms with E-state index in [9.17, 15) is 0 Å². The lowest BCUT2D eigenvalue weighted by Gasteiger charge is -2.36. The van der Waals surface area contributed by atoms with E-state index in [1.54, 1.807) is 11.3 Å². The van der Waals surface area contributed by atoms with E-state index in [-0.39, 0.29) is 30.1 Å². The summed E-state index contributed by atoms with van der Waals surface area (Å²) in [6, 6.07) is 19.5. The lowest BCUT2D eigenvalue weighted by atomic mass is 10.1. The summed E-state index contributed by atoms with van der Waals surface area (Å²) in [5, 5.41) is 4.78. The Balaban J connectivity index is 0.00000259. The molecule has 8 heteroatoms. The Morgan fingerprint density at radius 1 is 1.15 bits per heavy atom. The van der Waals surface area contributed by atoms with Gasteiger partial charge in [0.25, 0.3) is 0 Å². The van der Waals surface area contributed by atoms with Gasteiger partial charge in [-0.25, -0.2) is 4.98 Å². The van der Waals surface area contributed by atoms with Gasteiger partial charge in [-0.2, -0.15) is 0 Å². The summed E-state index contributed by atoms with van der Waals surface area (Å²) in [6.45, 7) is 5.51. The first-order valence-electron chi connectivity index (χ1n) is 11.5. The van der Waals surface area contributed by atoms with Gasteiger partial charge in [-0.3, -0.25) is 9.89 Å². The number of thiazole rings is 1. The molecule has 0 saturated carbocycles. The van der Waals surface area contributed by atoms with Crippen LogP contribution in [0.4, 0.5) is 0 Å². The van der Waals surface area contributed by atoms with Crippen LogP contribution in [-0.4, -0.2) is 72.7 Å². The summed E-state index contributed by atoms with van der Waals surface area (Å²) in [7, 11) is 1.88. The van der Waals surface area contributed by atoms with Crippen molar-refractivity contribution in [3.63, 3.8) is 0 Å². The highest BCUT2D eigenvalue weighted by atomic mass is 127. The van der Waals surface area contributed by atoms with Crippen LogP contribution in [0.3, 0.4) is 0 Å². The molecule has 2 saturated heterocycles. The minimum atomic E-state index is 0. The van der Waals surface area contributed by atoms with Crippen molar-refractivity contribution in [2.24, 2.45) is 4.99 Å². The van der Waals surface area contributed by atoms with Crippen LogP contribution in [-0.2, 0) is 17.7 Å². The van der Waals surface area contributed by atoms with E-state index in [2.05, 4.69) is 74.7 Å². The topological polar surface area (TPSA) is 53.0 Å². The predicted octanol–water partition coefficient (Wildman–Crippen LogP) is 4.01. The third-order valence-electron chi connectivity index (χ3n) is 6.34. The summed E-state index contributed by atoms with van der Waals surface area (Å²) in [5.74, 6) is 0.979. The fourth-order valence-electron chi connectivity index (χ4n) is 4.74. The van der Waals surface area contributed by atoms with Crippen LogP contribution in [0.1, 0.15) is 17.0 Å². The van der Waals surface area contributed by atoms with E-state index in [1.807, 2.05) is 7.05 Å². The number of hydrogen-bond acceptors (Lipinski definition) is 5. The second kappa shape index (κ2) is 11.6. The molecular formula is C25H32IN5OS. The quantitative estimate of drug-likeness (QED) is 0.208. The number of benzene rings is 2. The molecule has 2 atom stereocenters. The summed E-state index contributed by atoms with van der Waals surface area (Å²) >= 11 is 1.80. The van der Waals surface area contributed by atoms with Gasteiger partial charge >= 0.3 is 0 Å². The highest BCUT2D eigenvalue weighted by Crippen LogP contribution is 2.25. The number of fused-ring (bicyclic) bond motifs is 2. The molecule has 0 spiro atoms. The van der Waals surface area contributed by atoms with Crippen molar-refractivity contribution in [3.8, 4) is 0 Å². The van der Waals surface area contributed by atoms with Crippen molar-refractivity contribution < 1.29 is 4.74 Å². The van der Waals surface area contributed by atoms with Crippen LogP contribution in [0, 0.1) is 0 Å². The molecule has 2 aromatic carbocycles. The molecule has 2 unspecified atom stereocenters. The monoisotopic (exact) mass is 577 g/mol. The van der Waals surface area contributed by atoms with Crippen molar-refractivity contribution in [1.82, 2.24) is 20.1 Å². The van der Waals surface area contributed by atoms with Gasteiger partial charge in [-0.1, -0.05) is 42.5 Å². The number of aryl methyl sites for hydroxylation is 1. The Morgan fingerprint density at radius 3 is 2.79 bits per heavy atom. The lowest BCUT2D eigenvalue weighted by molar-refractivity contribution is -0.0502. The van der Waals surface area contributed by atoms with Crippen LogP contribution in [0.25, 0.3) is 10.2 Å². The van der Waals surface area contributed by atoms with Gasteiger partial charge in [0.2, 0.25) is 0 Å². The molecule has 0 bridgehead atoms. The van der Waals surface area contributed by atoms with Gasteiger partial charge in [0.15, 0.2) is 5.96 Å². The number of para-hydroxylation sites is 1. The number of morpholine rings is 1. The Morgan fingerprint density at radius 2 is 1.97 bits per heavy atom. The molecule has 0 radical (unpaired) electrons. The minimum Gasteiger partial charge on any atom is -0.373 e. The van der Waals surface area contributed by atoms with Crippen LogP contribution in [0.5, 0.6) is 0 Å². The number of guanidine groups is 1. The van der Waals surface area contributed by atoms with Crippen molar-refractivity contribution in [3.05, 3.63) is 65.2 Å². The standard InChI is InChI=1S/C25H31N5OS.HI/c1-26-25(27-13-7-12-24-28-20-10-5-6-11-23(20)32-24)30-17-21-22(18-30)31-15-14-29(21)16-19-8-3-2-4-9-19;/h2-6,8-11,21-22H,7,12-18H2,1H3,(H,26,27);1H. The molecule has 176 valence electrons. The smallest absolute Gasteiger partial charge is 0.193 e. The molecule has 0 aliphatic carbocycles. The zero-order valence-electron chi connectivity index (χ0n) is 19.0. The van der Waals surface area contributed by atoms with E-state index >= 15 is 0 Å². The SMILES string of the molecule is CN=C(NCCCc1nc2ccccc2s1)N1CC2OCCN(Cc3ccccc3)C2C1.I. The van der Waals surface area contributed by atoms with E-state index in [0.29, 0.717) is 6.04 Å². The van der Waals surface area contributed by atoms with Gasteiger partial charge in [0.1, 0.15) is 0 Å². The van der Waals surface area contributed by atoms with Crippen LogP contribution >= 0.6 is 35.3 Å². The van der Waals surface area contributed by atoms with E-state index < -0.39 is 0 Å². The van der Waals surface area contributed by atoms with E-state index in [4.69, 9.17) is 9.72 Å². The number of hydrogen-bond donors (Lipinski definition) is 1. The van der Waals surface area contributed by atoms with Crippen LogP contribution in [0.15, 0.2) is 59.6 Å². The summed E-state index contributed by atoms with van der Waals surface area (Å²) in [4.78, 5) is 14.2. The first kappa shape index (κ1) is 24.4. The average molecular weight is 578 g/mol. The molecule has 2 aliphatic rings. The Bertz CT molecular complexity index is 1030. The van der Waals surface area contributed by atoms with E-state index in [1.165, 1.54) is 15.3 Å². The predicted molar refractivity (Wildman–Crippen MR) is 147 cm³/mol. The lowest BCUT2D eigenvalue weighted by Crippen LogP contribution is -2.50. The first-order chi connectivity index (χ1) is 15.8. The summed E-state index contributed by atoms with van der Waals surface area (Å²) < 4.78 is 7.40. The second-order valence-electron chi connectivity index (χ2n) is 8.49. The number of nitrogens with one attached hydrogen (secondary N) is 1. The van der Waals surface area contributed by atoms with Gasteiger partial charge in [-0.05, 0) is 24.1 Å². The molecule has 33 heavy (non-hydrogen) atoms. The van der Waals surface area contributed by atoms with Gasteiger partial charge in [0.05, 0.1) is 34.0 Å². The van der Waals surface area contributed by atoms with Crippen molar-refractivity contribution in [1.29, 1.82) is 0 Å². The molecule has 0 amide bonds. The second-order valence-corrected chi connectivity index (χ2v) is 9.61. The van der Waals surface area contributed by atoms with Gasteiger partial charge in [0, 0.05) is 46.2 Å². The Hall–Kier alpha value is -1.75. The number of aromatic nitrogens is 1. The minimum absolute atomic E-state index is 0. The Labute approximate surface area is 217 Å².